The van der Waals surface area contributed by atoms with Crippen molar-refractivity contribution in [3.8, 4) is 0 Å². The summed E-state index contributed by atoms with van der Waals surface area (Å²) in [6.45, 7) is 0.936. The number of fused-ring (bicyclic) bond motifs is 1. The lowest BCUT2D eigenvalue weighted by Gasteiger charge is -2.56. The van der Waals surface area contributed by atoms with E-state index in [-0.39, 0.29) is 42.5 Å². The third-order valence-electron chi connectivity index (χ3n) is 5.10. The van der Waals surface area contributed by atoms with Gasteiger partial charge in [-0.25, -0.2) is 4.79 Å². The van der Waals surface area contributed by atoms with Crippen LogP contribution in [0.4, 0.5) is 0 Å². The number of tetrazole rings is 1. The molecule has 34 heavy (non-hydrogen) atoms. The van der Waals surface area contributed by atoms with Crippen LogP contribution in [0.25, 0.3) is 0 Å². The Hall–Kier alpha value is -3.78. The molecule has 1 unspecified atom stereocenters. The van der Waals surface area contributed by atoms with E-state index >= 15 is 0 Å². The molecule has 3 heterocycles. The number of hydrogen-bond donors (Lipinski definition) is 3. The monoisotopic (exact) mass is 488 g/mol. The van der Waals surface area contributed by atoms with E-state index in [0.717, 1.165) is 10.5 Å². The molecular formula is C20H20N6O7S. The number of aromatic amines is 1. The highest BCUT2D eigenvalue weighted by atomic mass is 32.2. The molecule has 178 valence electrons. The topological polar surface area (TPSA) is 177 Å². The normalized spacial score (nSPS) is 21.5. The first-order valence-electron chi connectivity index (χ1n) is 10.1. The van der Waals surface area contributed by atoms with Crippen molar-refractivity contribution in [3.05, 3.63) is 53.0 Å². The number of β-lactam (4-membered cyclic amide) rings is 1. The molecule has 2 amide bonds. The Morgan fingerprint density at radius 2 is 2.06 bits per heavy atom. The summed E-state index contributed by atoms with van der Waals surface area (Å²) in [5, 5.41) is 24.6. The molecule has 4 rings (SSSR count). The van der Waals surface area contributed by atoms with Crippen molar-refractivity contribution in [2.45, 2.75) is 31.1 Å². The van der Waals surface area contributed by atoms with E-state index in [1.807, 2.05) is 6.07 Å². The van der Waals surface area contributed by atoms with E-state index in [1.54, 1.807) is 24.3 Å². The molecule has 3 N–H and O–H groups in total. The SMILES string of the molecule is CC(=O)OCC1=C(C(=O)O)N2C(=O)C(NC(=O)Cc3nn[nH]n3)(OCc3ccccc3)[C@H]2SC1. The van der Waals surface area contributed by atoms with Crippen molar-refractivity contribution in [2.24, 2.45) is 0 Å². The first kappa shape index (κ1) is 23.4. The third-order valence-corrected chi connectivity index (χ3v) is 6.48. The van der Waals surface area contributed by atoms with Crippen molar-refractivity contribution in [2.75, 3.05) is 12.4 Å². The van der Waals surface area contributed by atoms with E-state index in [1.165, 1.54) is 18.7 Å². The van der Waals surface area contributed by atoms with Gasteiger partial charge in [0.2, 0.25) is 5.91 Å². The summed E-state index contributed by atoms with van der Waals surface area (Å²) in [4.78, 5) is 50.4. The van der Waals surface area contributed by atoms with Crippen LogP contribution in [0.15, 0.2) is 41.6 Å². The second kappa shape index (κ2) is 9.61. The Kier molecular flexibility index (Phi) is 6.61. The molecule has 0 bridgehead atoms. The van der Waals surface area contributed by atoms with Crippen LogP contribution in [0.2, 0.25) is 0 Å². The summed E-state index contributed by atoms with van der Waals surface area (Å²) in [7, 11) is 0. The molecule has 2 aromatic rings. The molecular weight excluding hydrogens is 468 g/mol. The van der Waals surface area contributed by atoms with Crippen LogP contribution in [0, 0.1) is 0 Å². The highest BCUT2D eigenvalue weighted by Crippen LogP contribution is 2.47. The van der Waals surface area contributed by atoms with Crippen LogP contribution in [0.1, 0.15) is 18.3 Å². The number of amides is 2. The molecule has 0 spiro atoms. The Balaban J connectivity index is 1.61. The zero-order valence-electron chi connectivity index (χ0n) is 17.9. The minimum Gasteiger partial charge on any atom is -0.477 e. The zero-order valence-corrected chi connectivity index (χ0v) is 18.7. The van der Waals surface area contributed by atoms with Crippen molar-refractivity contribution >= 4 is 35.5 Å². The smallest absolute Gasteiger partial charge is 0.352 e. The lowest BCUT2D eigenvalue weighted by atomic mass is 9.97. The molecule has 1 saturated heterocycles. The summed E-state index contributed by atoms with van der Waals surface area (Å²) in [6, 6.07) is 9.02. The molecule has 0 saturated carbocycles. The molecule has 1 aromatic heterocycles. The first-order valence-corrected chi connectivity index (χ1v) is 11.1. The number of aliphatic carboxylic acids is 1. The van der Waals surface area contributed by atoms with Crippen LogP contribution >= 0.6 is 11.8 Å². The van der Waals surface area contributed by atoms with Crippen LogP contribution in [-0.2, 0) is 41.7 Å². The number of carboxylic acid groups (broad SMARTS) is 1. The van der Waals surface area contributed by atoms with Gasteiger partial charge in [-0.1, -0.05) is 35.5 Å². The van der Waals surface area contributed by atoms with Gasteiger partial charge in [-0.2, -0.15) is 5.21 Å². The van der Waals surface area contributed by atoms with Crippen molar-refractivity contribution < 1.29 is 33.8 Å². The number of esters is 1. The van der Waals surface area contributed by atoms with Gasteiger partial charge in [-0.15, -0.1) is 22.0 Å². The Morgan fingerprint density at radius 1 is 1.29 bits per heavy atom. The summed E-state index contributed by atoms with van der Waals surface area (Å²) >= 11 is 1.19. The number of hydrogen-bond acceptors (Lipinski definition) is 10. The van der Waals surface area contributed by atoms with Gasteiger partial charge in [0.05, 0.1) is 13.0 Å². The highest BCUT2D eigenvalue weighted by molar-refractivity contribution is 8.00. The Morgan fingerprint density at radius 3 is 2.71 bits per heavy atom. The third kappa shape index (κ3) is 4.49. The van der Waals surface area contributed by atoms with Crippen LogP contribution in [0.3, 0.4) is 0 Å². The molecule has 2 aliphatic heterocycles. The van der Waals surface area contributed by atoms with E-state index in [4.69, 9.17) is 9.47 Å². The number of H-pyrrole nitrogens is 1. The molecule has 13 nitrogen and oxygen atoms in total. The van der Waals surface area contributed by atoms with E-state index in [0.29, 0.717) is 0 Å². The molecule has 1 fully saturated rings. The fraction of sp³-hybridized carbons (Fsp3) is 0.350. The summed E-state index contributed by atoms with van der Waals surface area (Å²) in [5.41, 5.74) is -1.08. The van der Waals surface area contributed by atoms with Gasteiger partial charge in [-0.3, -0.25) is 19.3 Å². The lowest BCUT2D eigenvalue weighted by Crippen LogP contribution is -2.81. The number of nitrogens with zero attached hydrogens (tertiary/aromatic N) is 4. The second-order valence-corrected chi connectivity index (χ2v) is 8.51. The minimum absolute atomic E-state index is 0.00755. The van der Waals surface area contributed by atoms with E-state index < -0.39 is 34.9 Å². The molecule has 2 aliphatic rings. The maximum Gasteiger partial charge on any atom is 0.352 e. The highest BCUT2D eigenvalue weighted by Gasteiger charge is 2.67. The lowest BCUT2D eigenvalue weighted by molar-refractivity contribution is -0.201. The number of benzene rings is 1. The van der Waals surface area contributed by atoms with Gasteiger partial charge in [0, 0.05) is 18.2 Å². The fourth-order valence-electron chi connectivity index (χ4n) is 3.60. The van der Waals surface area contributed by atoms with Gasteiger partial charge >= 0.3 is 11.9 Å². The maximum atomic E-state index is 13.4. The predicted molar refractivity (Wildman–Crippen MR) is 114 cm³/mol. The molecule has 14 heteroatoms. The minimum atomic E-state index is -1.81. The fourth-order valence-corrected chi connectivity index (χ4v) is 4.99. The van der Waals surface area contributed by atoms with Crippen molar-refractivity contribution in [1.82, 2.24) is 30.8 Å². The molecule has 1 aromatic carbocycles. The zero-order chi connectivity index (χ0) is 24.3. The second-order valence-electron chi connectivity index (χ2n) is 7.44. The van der Waals surface area contributed by atoms with Crippen LogP contribution < -0.4 is 5.32 Å². The predicted octanol–water partition coefficient (Wildman–Crippen LogP) is -0.412. The summed E-state index contributed by atoms with van der Waals surface area (Å²) in [5.74, 6) is -3.01. The number of ether oxygens (including phenoxy) is 2. The van der Waals surface area contributed by atoms with Gasteiger partial charge in [0.1, 0.15) is 17.7 Å². The summed E-state index contributed by atoms with van der Waals surface area (Å²) < 4.78 is 10.9. The molecule has 0 radical (unpaired) electrons. The van der Waals surface area contributed by atoms with Crippen LogP contribution in [0.5, 0.6) is 0 Å². The van der Waals surface area contributed by atoms with Gasteiger partial charge in [0.25, 0.3) is 11.6 Å². The first-order chi connectivity index (χ1) is 16.3. The molecule has 0 aliphatic carbocycles. The average Bonchev–Trinajstić information content (AvgIpc) is 3.32. The largest absolute Gasteiger partial charge is 0.477 e. The number of carbonyl (C=O) groups excluding carboxylic acids is 3. The van der Waals surface area contributed by atoms with Gasteiger partial charge in [-0.05, 0) is 5.56 Å². The maximum absolute atomic E-state index is 13.4. The number of rotatable bonds is 9. The quantitative estimate of drug-likeness (QED) is 0.237. The number of carboxylic acids is 1. The number of aromatic nitrogens is 4. The van der Waals surface area contributed by atoms with Gasteiger partial charge < -0.3 is 19.9 Å². The summed E-state index contributed by atoms with van der Waals surface area (Å²) in [6.07, 6.45) is -0.267. The van der Waals surface area contributed by atoms with Crippen LogP contribution in [-0.4, -0.2) is 77.8 Å². The number of nitrogens with one attached hydrogen (secondary N) is 2. The Labute approximate surface area is 196 Å². The number of carbonyl (C=O) groups is 4. The molecule has 2 atom stereocenters. The number of thioether (sulfide) groups is 1. The Bertz CT molecular complexity index is 1140. The van der Waals surface area contributed by atoms with E-state index in [9.17, 15) is 24.3 Å². The average molecular weight is 488 g/mol. The van der Waals surface area contributed by atoms with Gasteiger partial charge in [0.15, 0.2) is 5.82 Å². The standard InChI is InChI=1S/C20H20N6O7S/c1-11(27)32-9-13-10-34-19-20(18(31)26(19)16(13)17(29)30,33-8-12-5-3-2-4-6-12)21-15(28)7-14-22-24-25-23-14/h2-6,19H,7-10H2,1H3,(H,21,28)(H,29,30)(H,22,23,24,25)/t19-,20?/m1/s1. The van der Waals surface area contributed by atoms with Crippen molar-refractivity contribution in [1.29, 1.82) is 0 Å². The van der Waals surface area contributed by atoms with E-state index in [2.05, 4.69) is 25.9 Å². The van der Waals surface area contributed by atoms with Crippen molar-refractivity contribution in [3.63, 3.8) is 0 Å².